The molecule has 0 N–H and O–H groups in total. The molecule has 0 bridgehead atoms. The maximum Gasteiger partial charge on any atom is 0.305 e. The van der Waals surface area contributed by atoms with E-state index in [4.69, 9.17) is 9.47 Å². The molecule has 4 heteroatoms. The molecular weight excluding hydrogens is 472 g/mol. The van der Waals surface area contributed by atoms with E-state index in [2.05, 4.69) is 13.8 Å². The van der Waals surface area contributed by atoms with Gasteiger partial charge in [-0.3, -0.25) is 9.59 Å². The second kappa shape index (κ2) is 30.5. The van der Waals surface area contributed by atoms with Crippen LogP contribution in [0.5, 0.6) is 0 Å². The highest BCUT2D eigenvalue weighted by Crippen LogP contribution is 2.16. The summed E-state index contributed by atoms with van der Waals surface area (Å²) in [4.78, 5) is 23.2. The Morgan fingerprint density at radius 1 is 0.474 bits per heavy atom. The number of rotatable bonds is 30. The van der Waals surface area contributed by atoms with Crippen molar-refractivity contribution in [1.29, 1.82) is 0 Å². The van der Waals surface area contributed by atoms with Crippen LogP contribution in [-0.4, -0.2) is 25.2 Å². The molecule has 0 heterocycles. The lowest BCUT2D eigenvalue weighted by Crippen LogP contribution is -2.13. The zero-order chi connectivity index (χ0) is 27.9. The monoisotopic (exact) mass is 538 g/mol. The molecule has 0 aromatic carbocycles. The smallest absolute Gasteiger partial charge is 0.305 e. The van der Waals surface area contributed by atoms with Crippen LogP contribution in [0.2, 0.25) is 0 Å². The lowest BCUT2D eigenvalue weighted by atomic mass is 10.0. The summed E-state index contributed by atoms with van der Waals surface area (Å²) in [5.41, 5.74) is 0. The molecule has 0 rings (SSSR count). The molecule has 0 aliphatic heterocycles. The first-order valence-corrected chi connectivity index (χ1v) is 16.9. The minimum Gasteiger partial charge on any atom is -0.466 e. The predicted molar refractivity (Wildman–Crippen MR) is 162 cm³/mol. The minimum absolute atomic E-state index is 0.00997. The van der Waals surface area contributed by atoms with Gasteiger partial charge in [-0.05, 0) is 32.1 Å². The maximum absolute atomic E-state index is 11.9. The summed E-state index contributed by atoms with van der Waals surface area (Å²) in [5, 5.41) is 0. The zero-order valence-corrected chi connectivity index (χ0v) is 26.0. The fourth-order valence-electron chi connectivity index (χ4n) is 5.13. The Kier molecular flexibility index (Phi) is 29.6. The molecule has 0 spiro atoms. The van der Waals surface area contributed by atoms with Crippen molar-refractivity contribution >= 4 is 11.9 Å². The number of hydrogen-bond donors (Lipinski definition) is 0. The average molecular weight is 539 g/mol. The van der Waals surface area contributed by atoms with Gasteiger partial charge in [-0.15, -0.1) is 0 Å². The highest BCUT2D eigenvalue weighted by atomic mass is 16.5. The molecule has 0 amide bonds. The molecule has 0 aromatic rings. The zero-order valence-electron chi connectivity index (χ0n) is 26.0. The summed E-state index contributed by atoms with van der Waals surface area (Å²) in [6.07, 6.45) is 32.1. The van der Waals surface area contributed by atoms with Gasteiger partial charge in [0.25, 0.3) is 0 Å². The number of esters is 2. The third-order valence-corrected chi connectivity index (χ3v) is 7.84. The quantitative estimate of drug-likeness (QED) is 0.0674. The number of ether oxygens (including phenoxy) is 2. The van der Waals surface area contributed by atoms with Gasteiger partial charge in [-0.1, -0.05) is 149 Å². The third kappa shape index (κ3) is 28.0. The van der Waals surface area contributed by atoms with Gasteiger partial charge in [0.05, 0.1) is 13.2 Å². The molecule has 4 nitrogen and oxygen atoms in total. The predicted octanol–water partition coefficient (Wildman–Crippen LogP) is 10.9. The summed E-state index contributed by atoms with van der Waals surface area (Å²) >= 11 is 0. The van der Waals surface area contributed by atoms with E-state index in [1.807, 2.05) is 6.92 Å². The van der Waals surface area contributed by atoms with E-state index in [0.717, 1.165) is 25.7 Å². The summed E-state index contributed by atoms with van der Waals surface area (Å²) < 4.78 is 10.5. The molecular formula is C34H66O4. The van der Waals surface area contributed by atoms with Crippen molar-refractivity contribution in [3.63, 3.8) is 0 Å². The van der Waals surface area contributed by atoms with Gasteiger partial charge in [0.15, 0.2) is 0 Å². The number of hydrogen-bond acceptors (Lipinski definition) is 4. The lowest BCUT2D eigenvalue weighted by Gasteiger charge is -2.14. The Balaban J connectivity index is 3.21. The van der Waals surface area contributed by atoms with Crippen molar-refractivity contribution < 1.29 is 19.1 Å². The minimum atomic E-state index is -0.0376. The molecule has 226 valence electrons. The molecule has 0 radical (unpaired) electrons. The first-order chi connectivity index (χ1) is 18.6. The van der Waals surface area contributed by atoms with E-state index in [-0.39, 0.29) is 11.9 Å². The highest BCUT2D eigenvalue weighted by Gasteiger charge is 2.09. The summed E-state index contributed by atoms with van der Waals surface area (Å²) in [7, 11) is 0. The van der Waals surface area contributed by atoms with Gasteiger partial charge >= 0.3 is 11.9 Å². The molecule has 0 aliphatic rings. The van der Waals surface area contributed by atoms with Gasteiger partial charge in [0.2, 0.25) is 0 Å². The number of carbonyl (C=O) groups excluding carboxylic acids is 2. The van der Waals surface area contributed by atoms with Crippen LogP contribution in [0, 0.1) is 5.92 Å². The van der Waals surface area contributed by atoms with Crippen molar-refractivity contribution in [2.75, 3.05) is 13.2 Å². The van der Waals surface area contributed by atoms with Crippen LogP contribution in [0.25, 0.3) is 0 Å². The van der Waals surface area contributed by atoms with Gasteiger partial charge in [0.1, 0.15) is 0 Å². The van der Waals surface area contributed by atoms with Crippen LogP contribution in [0.3, 0.4) is 0 Å². The maximum atomic E-state index is 11.9. The van der Waals surface area contributed by atoms with Crippen molar-refractivity contribution in [2.45, 2.75) is 188 Å². The molecule has 0 aliphatic carbocycles. The number of unbranched alkanes of at least 4 members (excludes halogenated alkanes) is 20. The van der Waals surface area contributed by atoms with E-state index in [1.54, 1.807) is 0 Å². The van der Waals surface area contributed by atoms with Crippen molar-refractivity contribution in [2.24, 2.45) is 5.92 Å². The van der Waals surface area contributed by atoms with E-state index in [9.17, 15) is 9.59 Å². The SMILES string of the molecule is CCCCC(CC)COC(=O)CCCCCCCCCCCCCCCCCCCCCCC(=O)OCC. The summed E-state index contributed by atoms with van der Waals surface area (Å²) in [6.45, 7) is 7.40. The van der Waals surface area contributed by atoms with Crippen LogP contribution < -0.4 is 0 Å². The lowest BCUT2D eigenvalue weighted by molar-refractivity contribution is -0.145. The van der Waals surface area contributed by atoms with E-state index >= 15 is 0 Å². The molecule has 1 atom stereocenters. The molecule has 0 aromatic heterocycles. The first kappa shape index (κ1) is 36.9. The molecule has 0 fully saturated rings. The van der Waals surface area contributed by atoms with Crippen LogP contribution >= 0.6 is 0 Å². The summed E-state index contributed by atoms with van der Waals surface area (Å²) in [5.74, 6) is 0.521. The van der Waals surface area contributed by atoms with Crippen LogP contribution in [0.4, 0.5) is 0 Å². The van der Waals surface area contributed by atoms with E-state index < -0.39 is 0 Å². The molecule has 38 heavy (non-hydrogen) atoms. The van der Waals surface area contributed by atoms with Gasteiger partial charge in [0, 0.05) is 12.8 Å². The fourth-order valence-corrected chi connectivity index (χ4v) is 5.13. The van der Waals surface area contributed by atoms with Crippen LogP contribution in [0.15, 0.2) is 0 Å². The van der Waals surface area contributed by atoms with Crippen LogP contribution in [0.1, 0.15) is 188 Å². The second-order valence-electron chi connectivity index (χ2n) is 11.5. The van der Waals surface area contributed by atoms with Gasteiger partial charge in [-0.25, -0.2) is 0 Å². The Morgan fingerprint density at radius 3 is 1.13 bits per heavy atom. The first-order valence-electron chi connectivity index (χ1n) is 16.9. The Bertz CT molecular complexity index is 505. The molecule has 1 unspecified atom stereocenters. The fraction of sp³-hybridized carbons (Fsp3) is 0.941. The average Bonchev–Trinajstić information content (AvgIpc) is 2.91. The topological polar surface area (TPSA) is 52.6 Å². The Morgan fingerprint density at radius 2 is 0.816 bits per heavy atom. The highest BCUT2D eigenvalue weighted by molar-refractivity contribution is 5.69. The van der Waals surface area contributed by atoms with E-state index in [0.29, 0.717) is 32.0 Å². The Labute approximate surface area is 237 Å². The van der Waals surface area contributed by atoms with Crippen molar-refractivity contribution in [1.82, 2.24) is 0 Å². The Hall–Kier alpha value is -1.06. The van der Waals surface area contributed by atoms with Crippen molar-refractivity contribution in [3.05, 3.63) is 0 Å². The summed E-state index contributed by atoms with van der Waals surface area (Å²) in [6, 6.07) is 0. The molecule has 0 saturated carbocycles. The normalized spacial score (nSPS) is 12.0. The third-order valence-electron chi connectivity index (χ3n) is 7.84. The van der Waals surface area contributed by atoms with Gasteiger partial charge < -0.3 is 9.47 Å². The molecule has 0 saturated heterocycles. The largest absolute Gasteiger partial charge is 0.466 e. The van der Waals surface area contributed by atoms with Crippen LogP contribution in [-0.2, 0) is 19.1 Å². The van der Waals surface area contributed by atoms with Crippen molar-refractivity contribution in [3.8, 4) is 0 Å². The van der Waals surface area contributed by atoms with E-state index in [1.165, 1.54) is 128 Å². The standard InChI is InChI=1S/C34H66O4/c1-4-7-28-32(5-2)31-38-34(36)30-27-25-23-21-19-17-15-13-11-9-8-10-12-14-16-18-20-22-24-26-29-33(35)37-6-3/h32H,4-31H2,1-3H3. The second-order valence-corrected chi connectivity index (χ2v) is 11.5. The number of carbonyl (C=O) groups is 2. The van der Waals surface area contributed by atoms with Gasteiger partial charge in [-0.2, -0.15) is 0 Å².